The summed E-state index contributed by atoms with van der Waals surface area (Å²) in [4.78, 5) is 59.5. The van der Waals surface area contributed by atoms with Gasteiger partial charge in [-0.1, -0.05) is 25.0 Å². The van der Waals surface area contributed by atoms with Crippen LogP contribution in [0.3, 0.4) is 0 Å². The van der Waals surface area contributed by atoms with Crippen LogP contribution in [-0.4, -0.2) is 77.5 Å². The lowest BCUT2D eigenvalue weighted by Crippen LogP contribution is -2.57. The minimum Gasteiger partial charge on any atom is -0.461 e. The highest BCUT2D eigenvalue weighted by Gasteiger charge is 2.62. The number of fused-ring (bicyclic) bond motifs is 2. The number of carbonyl (C=O) groups is 4. The smallest absolute Gasteiger partial charge is 0.302 e. The Morgan fingerprint density at radius 3 is 2.62 bits per heavy atom. The molecule has 0 unspecified atom stereocenters. The predicted octanol–water partition coefficient (Wildman–Crippen LogP) is 3.27. The molecule has 1 aromatic heterocycles. The van der Waals surface area contributed by atoms with Gasteiger partial charge in [0.1, 0.15) is 29.5 Å². The summed E-state index contributed by atoms with van der Waals surface area (Å²) in [5.41, 5.74) is -0.133. The van der Waals surface area contributed by atoms with E-state index in [1.54, 1.807) is 12.1 Å². The maximum absolute atomic E-state index is 14.2. The summed E-state index contributed by atoms with van der Waals surface area (Å²) in [6, 6.07) is 4.12. The van der Waals surface area contributed by atoms with Crippen molar-refractivity contribution in [3.8, 4) is 11.3 Å². The van der Waals surface area contributed by atoms with E-state index in [2.05, 4.69) is 20.3 Å². The van der Waals surface area contributed by atoms with Crippen LogP contribution >= 0.6 is 11.3 Å². The maximum Gasteiger partial charge on any atom is 0.302 e. The van der Waals surface area contributed by atoms with Gasteiger partial charge in [-0.3, -0.25) is 23.9 Å². The highest BCUT2D eigenvalue weighted by atomic mass is 32.2. The Kier molecular flexibility index (Phi) is 9.38. The fourth-order valence-corrected chi connectivity index (χ4v) is 8.46. The molecule has 3 amide bonds. The first-order valence-corrected chi connectivity index (χ1v) is 18.4. The molecule has 47 heavy (non-hydrogen) atoms. The lowest BCUT2D eigenvalue weighted by Gasteiger charge is -2.29. The molecule has 5 atom stereocenters. The minimum absolute atomic E-state index is 0.0219. The van der Waals surface area contributed by atoms with Gasteiger partial charge in [0.2, 0.25) is 21.8 Å². The molecule has 0 spiro atoms. The summed E-state index contributed by atoms with van der Waals surface area (Å²) in [6.07, 6.45) is 7.80. The number of benzene rings is 1. The van der Waals surface area contributed by atoms with Gasteiger partial charge in [0.25, 0.3) is 5.91 Å². The molecule has 1 aromatic carbocycles. The number of esters is 1. The second-order valence-corrected chi connectivity index (χ2v) is 15.5. The second-order valence-electron chi connectivity index (χ2n) is 12.7. The molecule has 15 heteroatoms. The van der Waals surface area contributed by atoms with Crippen LogP contribution in [-0.2, 0) is 33.9 Å². The number of carbonyl (C=O) groups excluding carboxylic acids is 4. The second kappa shape index (κ2) is 13.3. The first-order valence-electron chi connectivity index (χ1n) is 16.0. The molecule has 3 N–H and O–H groups in total. The molecule has 3 heterocycles. The standard InChI is InChI=1S/C32H38FN5O7S2/c1-19(39)45-23-15-27-28(40)36-32(30(42)37-47(43,44)24-13-14-24)16-21(32)7-5-3-2-4-6-8-25(29(41)38(27)17-23)34-31-35-26(18-46-31)20-9-11-22(33)12-10-20/h5,7,9-12,18,21,23-25,27H,2-4,6,8,13-17H2,1H3,(H,34,35)(H,36,40)(H,37,42)/b7-5-/t21-,23+,25-,27-,32+/m0/s1. The van der Waals surface area contributed by atoms with Crippen LogP contribution < -0.4 is 15.4 Å². The fraction of sp³-hybridized carbons (Fsp3) is 0.531. The Balaban J connectivity index is 1.26. The highest BCUT2D eigenvalue weighted by molar-refractivity contribution is 7.91. The van der Waals surface area contributed by atoms with E-state index in [1.165, 1.54) is 35.3 Å². The quantitative estimate of drug-likeness (QED) is 0.293. The number of allylic oxidation sites excluding steroid dienone is 1. The van der Waals surface area contributed by atoms with Crippen LogP contribution in [0.1, 0.15) is 64.7 Å². The van der Waals surface area contributed by atoms with Gasteiger partial charge >= 0.3 is 5.97 Å². The van der Waals surface area contributed by atoms with Crippen LogP contribution in [0.4, 0.5) is 9.52 Å². The van der Waals surface area contributed by atoms with Gasteiger partial charge < -0.3 is 20.3 Å². The van der Waals surface area contributed by atoms with E-state index in [1.807, 2.05) is 17.5 Å². The molecule has 0 radical (unpaired) electrons. The first-order chi connectivity index (χ1) is 22.4. The fourth-order valence-electron chi connectivity index (χ4n) is 6.32. The van der Waals surface area contributed by atoms with Gasteiger partial charge in [-0.2, -0.15) is 0 Å². The summed E-state index contributed by atoms with van der Waals surface area (Å²) >= 11 is 1.30. The number of hydrogen-bond donors (Lipinski definition) is 3. The molecule has 3 fully saturated rings. The SMILES string of the molecule is CC(=O)O[C@@H]1C[C@H]2C(=O)N[C@]3(C(=O)NS(=O)(=O)C4CC4)C[C@@H]3/C=C\CCCCC[C@H](Nc3nc(-c4ccc(F)cc4)cs3)C(=O)N2C1. The number of anilines is 1. The monoisotopic (exact) mass is 687 g/mol. The molecule has 1 saturated heterocycles. The highest BCUT2D eigenvalue weighted by Crippen LogP contribution is 2.46. The van der Waals surface area contributed by atoms with Crippen LogP contribution in [0.5, 0.6) is 0 Å². The average Bonchev–Trinajstić information content (AvgIpc) is 3.90. The molecule has 12 nitrogen and oxygen atoms in total. The van der Waals surface area contributed by atoms with Gasteiger partial charge in [0.15, 0.2) is 5.13 Å². The number of sulfonamides is 1. The zero-order chi connectivity index (χ0) is 33.3. The third-order valence-electron chi connectivity index (χ3n) is 9.12. The number of nitrogens with one attached hydrogen (secondary N) is 3. The number of halogens is 1. The maximum atomic E-state index is 14.2. The summed E-state index contributed by atoms with van der Waals surface area (Å²) < 4.78 is 46.4. The number of aromatic nitrogens is 1. The van der Waals surface area contributed by atoms with Crippen molar-refractivity contribution >= 4 is 50.2 Å². The number of nitrogens with zero attached hydrogens (tertiary/aromatic N) is 2. The number of hydrogen-bond acceptors (Lipinski definition) is 10. The summed E-state index contributed by atoms with van der Waals surface area (Å²) in [6.45, 7) is 1.23. The Morgan fingerprint density at radius 1 is 1.13 bits per heavy atom. The van der Waals surface area contributed by atoms with Crippen LogP contribution in [0.2, 0.25) is 0 Å². The van der Waals surface area contributed by atoms with Crippen molar-refractivity contribution in [1.29, 1.82) is 0 Å². The Labute approximate surface area is 276 Å². The van der Waals surface area contributed by atoms with Crippen molar-refractivity contribution < 1.29 is 36.7 Å². The molecular formula is C32H38FN5O7S2. The number of amides is 3. The van der Waals surface area contributed by atoms with Crippen LogP contribution in [0.15, 0.2) is 41.8 Å². The van der Waals surface area contributed by atoms with E-state index in [-0.39, 0.29) is 31.1 Å². The third kappa shape index (κ3) is 7.51. The first kappa shape index (κ1) is 33.1. The van der Waals surface area contributed by atoms with E-state index in [4.69, 9.17) is 4.74 Å². The molecular weight excluding hydrogens is 650 g/mol. The molecule has 252 valence electrons. The number of ether oxygens (including phenoxy) is 1. The van der Waals surface area contributed by atoms with Crippen molar-refractivity contribution in [3.05, 3.63) is 47.6 Å². The predicted molar refractivity (Wildman–Crippen MR) is 172 cm³/mol. The van der Waals surface area contributed by atoms with Crippen molar-refractivity contribution in [2.75, 3.05) is 11.9 Å². The van der Waals surface area contributed by atoms with E-state index < -0.39 is 62.7 Å². The topological polar surface area (TPSA) is 164 Å². The molecule has 2 aromatic rings. The number of rotatable bonds is 7. The van der Waals surface area contributed by atoms with Crippen molar-refractivity contribution in [2.45, 2.75) is 93.7 Å². The summed E-state index contributed by atoms with van der Waals surface area (Å²) in [5.74, 6) is -3.11. The van der Waals surface area contributed by atoms with Gasteiger partial charge in [-0.05, 0) is 62.8 Å². The van der Waals surface area contributed by atoms with Gasteiger partial charge in [0.05, 0.1) is 17.5 Å². The van der Waals surface area contributed by atoms with Gasteiger partial charge in [0, 0.05) is 30.2 Å². The van der Waals surface area contributed by atoms with Crippen molar-refractivity contribution in [1.82, 2.24) is 19.9 Å². The van der Waals surface area contributed by atoms with Gasteiger partial charge in [-0.15, -0.1) is 11.3 Å². The van der Waals surface area contributed by atoms with Crippen LogP contribution in [0, 0.1) is 11.7 Å². The molecule has 0 bridgehead atoms. The van der Waals surface area contributed by atoms with Crippen LogP contribution in [0.25, 0.3) is 11.3 Å². The Hall–Kier alpha value is -3.85. The average molecular weight is 688 g/mol. The zero-order valence-corrected chi connectivity index (χ0v) is 27.6. The van der Waals surface area contributed by atoms with E-state index in [0.29, 0.717) is 36.5 Å². The third-order valence-corrected chi connectivity index (χ3v) is 11.7. The normalized spacial score (nSPS) is 28.9. The molecule has 2 aliphatic carbocycles. The lowest BCUT2D eigenvalue weighted by molar-refractivity contribution is -0.146. The molecule has 2 aliphatic heterocycles. The van der Waals surface area contributed by atoms with Crippen molar-refractivity contribution in [2.24, 2.45) is 5.92 Å². The Bertz CT molecular complexity index is 1680. The summed E-state index contributed by atoms with van der Waals surface area (Å²) in [5, 5.41) is 7.74. The minimum atomic E-state index is -3.86. The van der Waals surface area contributed by atoms with Gasteiger partial charge in [-0.25, -0.2) is 17.8 Å². The zero-order valence-electron chi connectivity index (χ0n) is 25.9. The number of thiazole rings is 1. The molecule has 4 aliphatic rings. The Morgan fingerprint density at radius 2 is 1.89 bits per heavy atom. The lowest BCUT2D eigenvalue weighted by atomic mass is 10.1. The molecule has 6 rings (SSSR count). The van der Waals surface area contributed by atoms with E-state index in [9.17, 15) is 32.0 Å². The largest absolute Gasteiger partial charge is 0.461 e. The van der Waals surface area contributed by atoms with Crippen molar-refractivity contribution in [3.63, 3.8) is 0 Å². The van der Waals surface area contributed by atoms with E-state index in [0.717, 1.165) is 24.8 Å². The summed E-state index contributed by atoms with van der Waals surface area (Å²) in [7, 11) is -3.86. The molecule has 2 saturated carbocycles. The van der Waals surface area contributed by atoms with E-state index >= 15 is 0 Å².